The summed E-state index contributed by atoms with van der Waals surface area (Å²) in [5.74, 6) is -0.270. The lowest BCUT2D eigenvalue weighted by molar-refractivity contribution is -0.384. The van der Waals surface area contributed by atoms with Crippen LogP contribution in [0.5, 0.6) is 0 Å². The molecule has 8 nitrogen and oxygen atoms in total. The van der Waals surface area contributed by atoms with Crippen LogP contribution in [0.4, 0.5) is 25.7 Å². The number of anilines is 2. The monoisotopic (exact) mass is 427 g/mol. The van der Waals surface area contributed by atoms with Crippen LogP contribution in [0.15, 0.2) is 53.9 Å². The van der Waals surface area contributed by atoms with Crippen LogP contribution in [0.3, 0.4) is 0 Å². The number of rotatable bonds is 4. The van der Waals surface area contributed by atoms with Gasteiger partial charge in [0.25, 0.3) is 5.69 Å². The third-order valence-electron chi connectivity index (χ3n) is 4.85. The Kier molecular flexibility index (Phi) is 5.57. The molecule has 0 atom stereocenters. The average Bonchev–Trinajstić information content (AvgIpc) is 3.23. The maximum Gasteiger partial charge on any atom is 0.323 e. The quantitative estimate of drug-likeness (QED) is 0.497. The number of nitrogens with zero attached hydrogens (tertiary/aromatic N) is 4. The predicted molar refractivity (Wildman–Crippen MR) is 113 cm³/mol. The number of piperazine rings is 1. The number of non-ortho nitro benzene ring substituents is 1. The Balaban J connectivity index is 1.33. The van der Waals surface area contributed by atoms with Crippen molar-refractivity contribution in [2.45, 2.75) is 0 Å². The van der Waals surface area contributed by atoms with Gasteiger partial charge in [-0.3, -0.25) is 15.4 Å². The van der Waals surface area contributed by atoms with Crippen molar-refractivity contribution in [3.8, 4) is 11.3 Å². The predicted octanol–water partition coefficient (Wildman–Crippen LogP) is 4.21. The molecule has 2 amide bonds. The van der Waals surface area contributed by atoms with E-state index in [-0.39, 0.29) is 17.5 Å². The van der Waals surface area contributed by atoms with Gasteiger partial charge in [0.2, 0.25) is 0 Å². The van der Waals surface area contributed by atoms with E-state index in [0.717, 1.165) is 11.3 Å². The normalized spacial score (nSPS) is 13.9. The van der Waals surface area contributed by atoms with Crippen LogP contribution in [0.1, 0.15) is 0 Å². The minimum atomic E-state index is -0.452. The van der Waals surface area contributed by atoms with Gasteiger partial charge in [0, 0.05) is 54.9 Å². The molecule has 3 aromatic rings. The van der Waals surface area contributed by atoms with Crippen molar-refractivity contribution in [1.82, 2.24) is 9.88 Å². The van der Waals surface area contributed by atoms with Crippen molar-refractivity contribution in [2.75, 3.05) is 36.4 Å². The molecule has 1 saturated heterocycles. The van der Waals surface area contributed by atoms with Crippen LogP contribution in [0, 0.1) is 15.9 Å². The number of carbonyl (C=O) groups excluding carboxylic acids is 1. The third kappa shape index (κ3) is 4.38. The second-order valence-corrected chi connectivity index (χ2v) is 7.58. The Hall–Kier alpha value is -3.53. The van der Waals surface area contributed by atoms with E-state index in [1.807, 2.05) is 0 Å². The molecule has 1 N–H and O–H groups in total. The molecule has 154 valence electrons. The first-order chi connectivity index (χ1) is 14.5. The van der Waals surface area contributed by atoms with E-state index in [9.17, 15) is 19.3 Å². The van der Waals surface area contributed by atoms with Crippen molar-refractivity contribution in [3.05, 3.63) is 69.8 Å². The molecular formula is C20H18FN5O3S. The zero-order valence-corrected chi connectivity index (χ0v) is 16.6. The molecule has 0 spiro atoms. The van der Waals surface area contributed by atoms with Crippen molar-refractivity contribution in [3.63, 3.8) is 0 Å². The highest BCUT2D eigenvalue weighted by molar-refractivity contribution is 7.14. The smallest absolute Gasteiger partial charge is 0.323 e. The summed E-state index contributed by atoms with van der Waals surface area (Å²) >= 11 is 1.30. The highest BCUT2D eigenvalue weighted by atomic mass is 32.1. The molecule has 1 aromatic heterocycles. The fourth-order valence-corrected chi connectivity index (χ4v) is 3.92. The summed E-state index contributed by atoms with van der Waals surface area (Å²) in [7, 11) is 0. The van der Waals surface area contributed by atoms with E-state index < -0.39 is 4.92 Å². The minimum absolute atomic E-state index is 0.0160. The molecule has 10 heteroatoms. The summed E-state index contributed by atoms with van der Waals surface area (Å²) in [6, 6.07) is 12.2. The molecule has 2 heterocycles. The highest BCUT2D eigenvalue weighted by Crippen LogP contribution is 2.27. The molecule has 0 saturated carbocycles. The number of halogens is 1. The molecule has 4 rings (SSSR count). The first-order valence-electron chi connectivity index (χ1n) is 9.26. The number of urea groups is 1. The molecule has 0 bridgehead atoms. The van der Waals surface area contributed by atoms with Crippen molar-refractivity contribution in [2.24, 2.45) is 0 Å². The van der Waals surface area contributed by atoms with Gasteiger partial charge in [0.15, 0.2) is 5.13 Å². The first-order valence-corrected chi connectivity index (χ1v) is 10.1. The van der Waals surface area contributed by atoms with Crippen LogP contribution in [0.2, 0.25) is 0 Å². The van der Waals surface area contributed by atoms with E-state index in [2.05, 4.69) is 15.2 Å². The average molecular weight is 427 g/mol. The number of hydrogen-bond donors (Lipinski definition) is 1. The molecule has 1 aliphatic rings. The lowest BCUT2D eigenvalue weighted by Crippen LogP contribution is -2.50. The maximum absolute atomic E-state index is 13.1. The van der Waals surface area contributed by atoms with Gasteiger partial charge < -0.3 is 9.80 Å². The van der Waals surface area contributed by atoms with Gasteiger partial charge in [-0.2, -0.15) is 0 Å². The zero-order valence-electron chi connectivity index (χ0n) is 15.8. The van der Waals surface area contributed by atoms with Gasteiger partial charge in [-0.1, -0.05) is 0 Å². The van der Waals surface area contributed by atoms with Gasteiger partial charge in [0.05, 0.1) is 10.6 Å². The second kappa shape index (κ2) is 8.46. The number of nitrogens with one attached hydrogen (secondary N) is 1. The van der Waals surface area contributed by atoms with E-state index in [1.54, 1.807) is 34.5 Å². The van der Waals surface area contributed by atoms with Crippen LogP contribution in [0.25, 0.3) is 11.3 Å². The van der Waals surface area contributed by atoms with E-state index in [0.29, 0.717) is 37.0 Å². The summed E-state index contributed by atoms with van der Waals surface area (Å²) < 4.78 is 13.1. The number of benzene rings is 2. The third-order valence-corrected chi connectivity index (χ3v) is 5.61. The van der Waals surface area contributed by atoms with Crippen molar-refractivity contribution < 1.29 is 14.1 Å². The van der Waals surface area contributed by atoms with Crippen LogP contribution in [-0.2, 0) is 0 Å². The fraction of sp³-hybridized carbons (Fsp3) is 0.200. The second-order valence-electron chi connectivity index (χ2n) is 6.72. The minimum Gasteiger partial charge on any atom is -0.368 e. The lowest BCUT2D eigenvalue weighted by atomic mass is 10.1. The highest BCUT2D eigenvalue weighted by Gasteiger charge is 2.22. The van der Waals surface area contributed by atoms with E-state index >= 15 is 0 Å². The maximum atomic E-state index is 13.1. The number of nitro groups is 1. The molecular weight excluding hydrogens is 409 g/mol. The molecule has 2 aromatic carbocycles. The molecule has 0 unspecified atom stereocenters. The van der Waals surface area contributed by atoms with Gasteiger partial charge in [0.1, 0.15) is 5.82 Å². The Labute approximate surface area is 175 Å². The number of thiazole rings is 1. The van der Waals surface area contributed by atoms with Crippen LogP contribution in [-0.4, -0.2) is 47.0 Å². The lowest BCUT2D eigenvalue weighted by Gasteiger charge is -2.35. The summed E-state index contributed by atoms with van der Waals surface area (Å²) in [5.41, 5.74) is 2.34. The van der Waals surface area contributed by atoms with Gasteiger partial charge in [-0.05, 0) is 36.4 Å². The summed E-state index contributed by atoms with van der Waals surface area (Å²) in [6.45, 7) is 2.41. The largest absolute Gasteiger partial charge is 0.368 e. The Morgan fingerprint density at radius 1 is 1.07 bits per heavy atom. The summed E-state index contributed by atoms with van der Waals surface area (Å²) in [4.78, 5) is 31.1. The van der Waals surface area contributed by atoms with E-state index in [1.165, 1.54) is 35.6 Å². The van der Waals surface area contributed by atoms with Crippen LogP contribution >= 0.6 is 11.3 Å². The number of hydrogen-bond acceptors (Lipinski definition) is 6. The Morgan fingerprint density at radius 2 is 1.73 bits per heavy atom. The van der Waals surface area contributed by atoms with Gasteiger partial charge >= 0.3 is 6.03 Å². The molecule has 1 fully saturated rings. The molecule has 0 aliphatic carbocycles. The van der Waals surface area contributed by atoms with Gasteiger partial charge in [-0.15, -0.1) is 11.3 Å². The SMILES string of the molecule is O=C(Nc1nc(-c2ccc([N+](=O)[O-])cc2)cs1)N1CCN(c2ccc(F)cc2)CC1. The Morgan fingerprint density at radius 3 is 2.37 bits per heavy atom. The first kappa shape index (κ1) is 19.8. The van der Waals surface area contributed by atoms with E-state index in [4.69, 9.17) is 0 Å². The zero-order chi connectivity index (χ0) is 21.1. The number of carbonyl (C=O) groups is 1. The standard InChI is InChI=1S/C20H18FN5O3S/c21-15-3-7-16(8-4-15)24-9-11-25(12-10-24)20(27)23-19-22-18(13-30-19)14-1-5-17(6-2-14)26(28)29/h1-8,13H,9-12H2,(H,22,23,27). The fourth-order valence-electron chi connectivity index (χ4n) is 3.21. The Bertz CT molecular complexity index is 1050. The summed E-state index contributed by atoms with van der Waals surface area (Å²) in [6.07, 6.45) is 0. The van der Waals surface area contributed by atoms with Crippen molar-refractivity contribution in [1.29, 1.82) is 0 Å². The molecule has 1 aliphatic heterocycles. The number of aromatic nitrogens is 1. The molecule has 0 radical (unpaired) electrons. The number of amides is 2. The number of nitro benzene ring substituents is 1. The summed E-state index contributed by atoms with van der Waals surface area (Å²) in [5, 5.41) is 15.8. The van der Waals surface area contributed by atoms with Crippen molar-refractivity contribution >= 4 is 33.9 Å². The van der Waals surface area contributed by atoms with Gasteiger partial charge in [-0.25, -0.2) is 14.2 Å². The molecule has 30 heavy (non-hydrogen) atoms. The topological polar surface area (TPSA) is 91.6 Å². The van der Waals surface area contributed by atoms with Crippen LogP contribution < -0.4 is 10.2 Å².